The van der Waals surface area contributed by atoms with Crippen LogP contribution in [0.1, 0.15) is 0 Å². The summed E-state index contributed by atoms with van der Waals surface area (Å²) in [5.74, 6) is -0.700. The number of fused-ring (bicyclic) bond motifs is 1. The molecule has 140 valence electrons. The number of halogens is 3. The first-order chi connectivity index (χ1) is 13.5. The molecular formula is C19H11ClF2N4OS. The number of rotatable bonds is 4. The minimum Gasteiger partial charge on any atom is -0.309 e. The van der Waals surface area contributed by atoms with Gasteiger partial charge in [0.2, 0.25) is 0 Å². The number of hydrogen-bond acceptors (Lipinski definition) is 5. The number of pyridine rings is 1. The van der Waals surface area contributed by atoms with Crippen molar-refractivity contribution in [3.63, 3.8) is 0 Å². The van der Waals surface area contributed by atoms with Crippen molar-refractivity contribution in [2.75, 3.05) is 4.72 Å². The van der Waals surface area contributed by atoms with Gasteiger partial charge in [-0.05, 0) is 47.8 Å². The number of anilines is 1. The molecule has 9 heteroatoms. The lowest BCUT2D eigenvalue weighted by Gasteiger charge is -2.09. The second kappa shape index (κ2) is 7.57. The van der Waals surface area contributed by atoms with Gasteiger partial charge in [-0.25, -0.2) is 14.4 Å². The molecule has 2 aromatic carbocycles. The molecule has 0 atom stereocenters. The van der Waals surface area contributed by atoms with E-state index in [-0.39, 0.29) is 11.4 Å². The summed E-state index contributed by atoms with van der Waals surface area (Å²) in [7, 11) is 0. The number of hydrogen-bond donors (Lipinski definition) is 2. The summed E-state index contributed by atoms with van der Waals surface area (Å²) >= 11 is 7.15. The van der Waals surface area contributed by atoms with Crippen molar-refractivity contribution in [3.8, 4) is 11.1 Å². The highest BCUT2D eigenvalue weighted by molar-refractivity contribution is 8.00. The molecule has 28 heavy (non-hydrogen) atoms. The Balaban J connectivity index is 1.65. The van der Waals surface area contributed by atoms with E-state index < -0.39 is 17.5 Å². The minimum atomic E-state index is -0.837. The van der Waals surface area contributed by atoms with Gasteiger partial charge in [0, 0.05) is 16.5 Å². The van der Waals surface area contributed by atoms with E-state index >= 15 is 0 Å². The summed E-state index contributed by atoms with van der Waals surface area (Å²) in [6, 6.07) is 12.9. The van der Waals surface area contributed by atoms with Gasteiger partial charge in [-0.15, -0.1) is 0 Å². The van der Waals surface area contributed by atoms with Gasteiger partial charge >= 0.3 is 6.08 Å². The predicted molar refractivity (Wildman–Crippen MR) is 106 cm³/mol. The van der Waals surface area contributed by atoms with Gasteiger partial charge < -0.3 is 9.71 Å². The van der Waals surface area contributed by atoms with Crippen molar-refractivity contribution >= 4 is 40.3 Å². The molecule has 0 unspecified atom stereocenters. The molecule has 2 N–H and O–H groups in total. The van der Waals surface area contributed by atoms with E-state index in [1.54, 1.807) is 42.5 Å². The van der Waals surface area contributed by atoms with Gasteiger partial charge in [-0.2, -0.15) is 4.39 Å². The Morgan fingerprint density at radius 1 is 1.11 bits per heavy atom. The average Bonchev–Trinajstić information content (AvgIpc) is 2.69. The minimum absolute atomic E-state index is 0.0649. The predicted octanol–water partition coefficient (Wildman–Crippen LogP) is 5.04. The Bertz CT molecular complexity index is 1250. The molecule has 0 bridgehead atoms. The summed E-state index contributed by atoms with van der Waals surface area (Å²) in [4.78, 5) is 22.8. The summed E-state index contributed by atoms with van der Waals surface area (Å²) in [6.07, 6.45) is 0.470. The summed E-state index contributed by atoms with van der Waals surface area (Å²) < 4.78 is 30.4. The van der Waals surface area contributed by atoms with Crippen LogP contribution in [-0.4, -0.2) is 15.0 Å². The number of nitrogens with one attached hydrogen (secondary N) is 2. The van der Waals surface area contributed by atoms with E-state index in [1.807, 2.05) is 0 Å². The van der Waals surface area contributed by atoms with Gasteiger partial charge in [0.15, 0.2) is 11.6 Å². The van der Waals surface area contributed by atoms with E-state index in [2.05, 4.69) is 19.7 Å². The Kier molecular flexibility index (Phi) is 4.97. The maximum absolute atomic E-state index is 14.5. The van der Waals surface area contributed by atoms with Crippen LogP contribution >= 0.6 is 23.5 Å². The molecule has 0 aliphatic carbocycles. The zero-order valence-corrected chi connectivity index (χ0v) is 15.6. The molecule has 4 rings (SSSR count). The largest absolute Gasteiger partial charge is 0.309 e. The third-order valence-corrected chi connectivity index (χ3v) is 5.28. The van der Waals surface area contributed by atoms with E-state index in [1.165, 1.54) is 6.20 Å². The lowest BCUT2D eigenvalue weighted by molar-refractivity contribution is 0.544. The third kappa shape index (κ3) is 3.69. The molecule has 2 heterocycles. The number of nitrogens with zero attached hydrogens (tertiary/aromatic N) is 2. The second-order valence-electron chi connectivity index (χ2n) is 5.78. The van der Waals surface area contributed by atoms with Crippen molar-refractivity contribution in [1.82, 2.24) is 15.0 Å². The van der Waals surface area contributed by atoms with Crippen molar-refractivity contribution in [3.05, 3.63) is 82.0 Å². The molecule has 5 nitrogen and oxygen atoms in total. The van der Waals surface area contributed by atoms with Crippen LogP contribution in [0.3, 0.4) is 0 Å². The molecule has 0 amide bonds. The molecular weight excluding hydrogens is 406 g/mol. The van der Waals surface area contributed by atoms with Crippen LogP contribution in [0, 0.1) is 11.9 Å². The zero-order valence-electron chi connectivity index (χ0n) is 14.0. The van der Waals surface area contributed by atoms with Crippen LogP contribution in [0.25, 0.3) is 22.0 Å². The highest BCUT2D eigenvalue weighted by Gasteiger charge is 2.12. The lowest BCUT2D eigenvalue weighted by Crippen LogP contribution is -2.12. The fraction of sp³-hybridized carbons (Fsp3) is 0. The first-order valence-electron chi connectivity index (χ1n) is 8.04. The molecule has 2 aromatic heterocycles. The van der Waals surface area contributed by atoms with Crippen LogP contribution in [0.5, 0.6) is 0 Å². The molecule has 0 fully saturated rings. The Hall–Kier alpha value is -2.97. The van der Waals surface area contributed by atoms with Crippen LogP contribution in [0.15, 0.2) is 64.4 Å². The van der Waals surface area contributed by atoms with Crippen LogP contribution in [0.4, 0.5) is 14.6 Å². The maximum atomic E-state index is 14.5. The summed E-state index contributed by atoms with van der Waals surface area (Å²) in [5.41, 5.74) is 0.513. The fourth-order valence-corrected chi connectivity index (χ4v) is 3.53. The molecule has 0 aliphatic heterocycles. The normalized spacial score (nSPS) is 11.0. The number of benzene rings is 2. The van der Waals surface area contributed by atoms with E-state index in [0.717, 1.165) is 18.0 Å². The zero-order chi connectivity index (χ0) is 19.7. The highest BCUT2D eigenvalue weighted by Crippen LogP contribution is 2.29. The van der Waals surface area contributed by atoms with E-state index in [9.17, 15) is 13.6 Å². The Morgan fingerprint density at radius 2 is 1.93 bits per heavy atom. The van der Waals surface area contributed by atoms with E-state index in [4.69, 9.17) is 11.6 Å². The third-order valence-electron chi connectivity index (χ3n) is 3.95. The molecule has 0 saturated heterocycles. The van der Waals surface area contributed by atoms with Crippen LogP contribution in [0.2, 0.25) is 5.02 Å². The molecule has 0 saturated carbocycles. The number of aromatic nitrogens is 3. The first-order valence-corrected chi connectivity index (χ1v) is 9.23. The van der Waals surface area contributed by atoms with Crippen molar-refractivity contribution < 1.29 is 8.78 Å². The summed E-state index contributed by atoms with van der Waals surface area (Å²) in [5, 5.41) is 1.05. The van der Waals surface area contributed by atoms with Crippen LogP contribution < -0.4 is 10.3 Å². The SMILES string of the molecule is O=c1[nH]c(NSc2ccccc2Cl)c(F)cc1-c1ccc2nc(F)ncc2c1. The highest BCUT2D eigenvalue weighted by atomic mass is 35.5. The van der Waals surface area contributed by atoms with Crippen molar-refractivity contribution in [2.45, 2.75) is 4.90 Å². The van der Waals surface area contributed by atoms with Gasteiger partial charge in [0.25, 0.3) is 5.56 Å². The monoisotopic (exact) mass is 416 g/mol. The fourth-order valence-electron chi connectivity index (χ4n) is 2.61. The van der Waals surface area contributed by atoms with Crippen LogP contribution in [-0.2, 0) is 0 Å². The quantitative estimate of drug-likeness (QED) is 0.360. The second-order valence-corrected chi connectivity index (χ2v) is 7.04. The van der Waals surface area contributed by atoms with Gasteiger partial charge in [-0.1, -0.05) is 29.8 Å². The smallest absolute Gasteiger partial charge is 0.309 e. The van der Waals surface area contributed by atoms with Gasteiger partial charge in [0.05, 0.1) is 16.1 Å². The molecule has 0 aliphatic rings. The standard InChI is InChI=1S/C19H11ClF2N4OS/c20-13-3-1-2-4-16(13)28-26-17-14(21)8-12(18(27)25-17)10-5-6-15-11(7-10)9-23-19(22)24-15/h1-9H,(H2,25,26,27). The van der Waals surface area contributed by atoms with E-state index in [0.29, 0.717) is 26.4 Å². The molecule has 0 spiro atoms. The average molecular weight is 417 g/mol. The lowest BCUT2D eigenvalue weighted by atomic mass is 10.1. The summed E-state index contributed by atoms with van der Waals surface area (Å²) in [6.45, 7) is 0. The van der Waals surface area contributed by atoms with Crippen molar-refractivity contribution in [2.24, 2.45) is 0 Å². The van der Waals surface area contributed by atoms with Crippen molar-refractivity contribution in [1.29, 1.82) is 0 Å². The number of aromatic amines is 1. The van der Waals surface area contributed by atoms with Gasteiger partial charge in [-0.3, -0.25) is 4.79 Å². The molecule has 4 aromatic rings. The molecule has 0 radical (unpaired) electrons. The number of H-pyrrole nitrogens is 1. The maximum Gasteiger partial charge on any atom is 0.309 e. The Labute approximate surface area is 166 Å². The van der Waals surface area contributed by atoms with Gasteiger partial charge in [0.1, 0.15) is 0 Å². The Morgan fingerprint density at radius 3 is 2.75 bits per heavy atom. The first kappa shape index (κ1) is 18.4. The topological polar surface area (TPSA) is 70.7 Å².